The highest BCUT2D eigenvalue weighted by molar-refractivity contribution is 8.00. The highest BCUT2D eigenvalue weighted by atomic mass is 32.2. The van der Waals surface area contributed by atoms with Gasteiger partial charge in [0.1, 0.15) is 11.1 Å². The number of aliphatic hydroxyl groups is 1. The first kappa shape index (κ1) is 27.3. The van der Waals surface area contributed by atoms with Crippen LogP contribution < -0.4 is 0 Å². The monoisotopic (exact) mass is 504 g/mol. The minimum absolute atomic E-state index is 0.429. The number of unbranched alkanes of at least 4 members (excludes halogenated alkanes) is 5. The molecule has 0 saturated carbocycles. The summed E-state index contributed by atoms with van der Waals surface area (Å²) < 4.78 is 0. The predicted octanol–water partition coefficient (Wildman–Crippen LogP) is 8.14. The third-order valence-electron chi connectivity index (χ3n) is 5.90. The molecule has 0 spiro atoms. The van der Waals surface area contributed by atoms with E-state index in [0.717, 1.165) is 28.1 Å². The van der Waals surface area contributed by atoms with Crippen molar-refractivity contribution < 1.29 is 5.11 Å². The van der Waals surface area contributed by atoms with Crippen LogP contribution in [0.3, 0.4) is 0 Å². The highest BCUT2D eigenvalue weighted by Gasteiger charge is 2.17. The number of pyridine rings is 1. The van der Waals surface area contributed by atoms with Gasteiger partial charge < -0.3 is 5.11 Å². The number of rotatable bonds is 14. The van der Waals surface area contributed by atoms with Crippen molar-refractivity contribution in [1.29, 1.82) is 5.26 Å². The maximum Gasteiger partial charge on any atom is 0.115 e. The third-order valence-corrected chi connectivity index (χ3v) is 8.21. The lowest BCUT2D eigenvalue weighted by molar-refractivity contribution is 0.225. The zero-order chi connectivity index (χ0) is 24.9. The van der Waals surface area contributed by atoms with Gasteiger partial charge in [0.2, 0.25) is 0 Å². The highest BCUT2D eigenvalue weighted by Crippen LogP contribution is 2.34. The van der Waals surface area contributed by atoms with Gasteiger partial charge in [0.25, 0.3) is 0 Å². The minimum atomic E-state index is -0.429. The van der Waals surface area contributed by atoms with Crippen molar-refractivity contribution >= 4 is 23.5 Å². The van der Waals surface area contributed by atoms with Gasteiger partial charge >= 0.3 is 0 Å². The molecule has 0 aliphatic carbocycles. The van der Waals surface area contributed by atoms with Gasteiger partial charge in [0.15, 0.2) is 0 Å². The average Bonchev–Trinajstić information content (AvgIpc) is 2.89. The molecule has 3 nitrogen and oxygen atoms in total. The van der Waals surface area contributed by atoms with E-state index in [2.05, 4.69) is 44.2 Å². The number of benzene rings is 2. The molecular formula is C30H36N2OS2. The summed E-state index contributed by atoms with van der Waals surface area (Å²) in [5, 5.41) is 21.3. The summed E-state index contributed by atoms with van der Waals surface area (Å²) >= 11 is 3.30. The first-order chi connectivity index (χ1) is 17.1. The Morgan fingerprint density at radius 1 is 0.914 bits per heavy atom. The second-order valence-corrected chi connectivity index (χ2v) is 11.0. The molecule has 2 aromatic carbocycles. The normalized spacial score (nSPS) is 11.8. The van der Waals surface area contributed by atoms with Crippen LogP contribution in [0.1, 0.15) is 56.6 Å². The third kappa shape index (κ3) is 8.72. The van der Waals surface area contributed by atoms with E-state index < -0.39 is 6.10 Å². The Kier molecular flexibility index (Phi) is 11.7. The Balaban J connectivity index is 1.69. The number of hydrogen-bond donors (Lipinski definition) is 1. The first-order valence-electron chi connectivity index (χ1n) is 12.6. The second-order valence-electron chi connectivity index (χ2n) is 8.89. The molecular weight excluding hydrogens is 468 g/mol. The van der Waals surface area contributed by atoms with Crippen LogP contribution in [0.4, 0.5) is 0 Å². The Morgan fingerprint density at radius 2 is 1.63 bits per heavy atom. The quantitative estimate of drug-likeness (QED) is 0.177. The van der Waals surface area contributed by atoms with E-state index in [4.69, 9.17) is 4.98 Å². The lowest BCUT2D eigenvalue weighted by atomic mass is 9.98. The fourth-order valence-corrected chi connectivity index (χ4v) is 5.92. The number of aryl methyl sites for hydroxylation is 1. The lowest BCUT2D eigenvalue weighted by Crippen LogP contribution is -2.14. The fraction of sp³-hybridized carbons (Fsp3) is 0.400. The van der Waals surface area contributed by atoms with Crippen molar-refractivity contribution in [3.8, 4) is 28.5 Å². The van der Waals surface area contributed by atoms with Gasteiger partial charge in [-0.15, -0.1) is 11.8 Å². The molecule has 0 aliphatic heterocycles. The van der Waals surface area contributed by atoms with Crippen LogP contribution in [0.25, 0.3) is 22.4 Å². The summed E-state index contributed by atoms with van der Waals surface area (Å²) in [6, 6.07) is 22.7. The Labute approximate surface area is 219 Å². The molecule has 1 N–H and O–H groups in total. The summed E-state index contributed by atoms with van der Waals surface area (Å²) in [4.78, 5) is 4.86. The molecule has 0 radical (unpaired) electrons. The smallest absolute Gasteiger partial charge is 0.115 e. The van der Waals surface area contributed by atoms with Gasteiger partial charge in [0.05, 0.1) is 17.4 Å². The molecule has 0 saturated heterocycles. The van der Waals surface area contributed by atoms with E-state index in [-0.39, 0.29) is 0 Å². The molecule has 1 atom stereocenters. The van der Waals surface area contributed by atoms with Crippen LogP contribution in [-0.2, 0) is 0 Å². The maximum atomic E-state index is 10.6. The SMILES string of the molecule is CCCCCCCCSC[C@@H](O)CSc1nc(-c2ccccc2)cc(-c2ccc(C)cc2)c1C#N. The van der Waals surface area contributed by atoms with Gasteiger partial charge in [-0.1, -0.05) is 99.2 Å². The van der Waals surface area contributed by atoms with E-state index in [1.54, 1.807) is 0 Å². The van der Waals surface area contributed by atoms with E-state index >= 15 is 0 Å². The number of thioether (sulfide) groups is 2. The number of aliphatic hydroxyl groups excluding tert-OH is 1. The van der Waals surface area contributed by atoms with Crippen molar-refractivity contribution in [3.05, 3.63) is 71.8 Å². The first-order valence-corrected chi connectivity index (χ1v) is 14.7. The molecule has 3 rings (SSSR count). The average molecular weight is 505 g/mol. The molecule has 0 unspecified atom stereocenters. The van der Waals surface area contributed by atoms with Crippen molar-refractivity contribution in [3.63, 3.8) is 0 Å². The molecule has 5 heteroatoms. The molecule has 0 bridgehead atoms. The Morgan fingerprint density at radius 3 is 2.34 bits per heavy atom. The standard InChI is InChI=1S/C30H36N2OS2/c1-3-4-5-6-7-11-18-34-21-26(33)22-35-30-28(20-31)27(24-16-14-23(2)15-17-24)19-29(32-30)25-12-9-8-10-13-25/h8-10,12-17,19,26,33H,3-7,11,18,21-22H2,1-2H3/t26-/m1/s1. The van der Waals surface area contributed by atoms with Crippen molar-refractivity contribution in [1.82, 2.24) is 4.98 Å². The van der Waals surface area contributed by atoms with Crippen LogP contribution >= 0.6 is 23.5 Å². The van der Waals surface area contributed by atoms with E-state index in [0.29, 0.717) is 22.1 Å². The Bertz CT molecular complexity index is 1080. The number of nitriles is 1. The molecule has 35 heavy (non-hydrogen) atoms. The van der Waals surface area contributed by atoms with Crippen molar-refractivity contribution in [2.24, 2.45) is 0 Å². The Hall–Kier alpha value is -2.26. The van der Waals surface area contributed by atoms with Gasteiger partial charge in [-0.2, -0.15) is 17.0 Å². The largest absolute Gasteiger partial charge is 0.391 e. The molecule has 1 heterocycles. The predicted molar refractivity (Wildman–Crippen MR) is 152 cm³/mol. The minimum Gasteiger partial charge on any atom is -0.391 e. The summed E-state index contributed by atoms with van der Waals surface area (Å²) in [7, 11) is 0. The topological polar surface area (TPSA) is 56.9 Å². The van der Waals surface area contributed by atoms with Crippen molar-refractivity contribution in [2.75, 3.05) is 17.3 Å². The van der Waals surface area contributed by atoms with Gasteiger partial charge in [0, 0.05) is 22.6 Å². The molecule has 184 valence electrons. The summed E-state index contributed by atoms with van der Waals surface area (Å²) in [5.41, 5.74) is 5.50. The maximum absolute atomic E-state index is 10.6. The van der Waals surface area contributed by atoms with Crippen LogP contribution in [0.15, 0.2) is 65.7 Å². The van der Waals surface area contributed by atoms with Crippen LogP contribution in [0, 0.1) is 18.3 Å². The molecule has 3 aromatic rings. The number of hydrogen-bond acceptors (Lipinski definition) is 5. The van der Waals surface area contributed by atoms with Crippen molar-refractivity contribution in [2.45, 2.75) is 63.5 Å². The molecule has 1 aromatic heterocycles. The zero-order valence-electron chi connectivity index (χ0n) is 20.9. The molecule has 0 aliphatic rings. The van der Waals surface area contributed by atoms with E-state index in [9.17, 15) is 10.4 Å². The van der Waals surface area contributed by atoms with Gasteiger partial charge in [-0.25, -0.2) is 4.98 Å². The van der Waals surface area contributed by atoms with E-state index in [1.807, 2.05) is 48.2 Å². The lowest BCUT2D eigenvalue weighted by Gasteiger charge is -2.14. The summed E-state index contributed by atoms with van der Waals surface area (Å²) in [6.45, 7) is 4.30. The summed E-state index contributed by atoms with van der Waals surface area (Å²) in [5.74, 6) is 2.33. The van der Waals surface area contributed by atoms with E-state index in [1.165, 1.54) is 55.9 Å². The van der Waals surface area contributed by atoms with Crippen LogP contribution in [-0.4, -0.2) is 33.5 Å². The van der Waals surface area contributed by atoms with Crippen LogP contribution in [0.5, 0.6) is 0 Å². The number of nitrogens with zero attached hydrogens (tertiary/aromatic N) is 2. The molecule has 0 fully saturated rings. The molecule has 0 amide bonds. The van der Waals surface area contributed by atoms with Gasteiger partial charge in [-0.05, 0) is 30.7 Å². The second kappa shape index (κ2) is 15.0. The fourth-order valence-electron chi connectivity index (χ4n) is 3.88. The van der Waals surface area contributed by atoms with Crippen LogP contribution in [0.2, 0.25) is 0 Å². The zero-order valence-corrected chi connectivity index (χ0v) is 22.5. The summed E-state index contributed by atoms with van der Waals surface area (Å²) in [6.07, 6.45) is 7.33. The number of aromatic nitrogens is 1. The van der Waals surface area contributed by atoms with Gasteiger partial charge in [-0.3, -0.25) is 0 Å².